The average molecular weight is 314 g/mol. The fourth-order valence-electron chi connectivity index (χ4n) is 2.53. The number of para-hydroxylation sites is 1. The van der Waals surface area contributed by atoms with Gasteiger partial charge in [-0.1, -0.05) is 18.2 Å². The Balaban J connectivity index is 1.78. The number of hydrogen-bond acceptors (Lipinski definition) is 3. The molecule has 5 nitrogen and oxygen atoms in total. The summed E-state index contributed by atoms with van der Waals surface area (Å²) in [5.74, 6) is -0.887. The van der Waals surface area contributed by atoms with Crippen molar-refractivity contribution in [3.63, 3.8) is 0 Å². The number of aryl methyl sites for hydroxylation is 1. The Kier molecular flexibility index (Phi) is 5.68. The van der Waals surface area contributed by atoms with Crippen LogP contribution in [0, 0.1) is 0 Å². The van der Waals surface area contributed by atoms with Crippen LogP contribution in [-0.2, 0) is 20.9 Å². The molecule has 2 amide bonds. The largest absolute Gasteiger partial charge is 0.347 e. The van der Waals surface area contributed by atoms with E-state index in [9.17, 15) is 14.4 Å². The van der Waals surface area contributed by atoms with Crippen LogP contribution in [0.25, 0.3) is 10.9 Å². The Hall–Kier alpha value is -2.43. The first kappa shape index (κ1) is 16.9. The molecule has 0 fully saturated rings. The monoisotopic (exact) mass is 314 g/mol. The topological polar surface area (TPSA) is 59.4 Å². The van der Waals surface area contributed by atoms with Crippen molar-refractivity contribution in [1.82, 2.24) is 9.47 Å². The van der Waals surface area contributed by atoms with E-state index in [0.717, 1.165) is 17.9 Å². The number of imide groups is 1. The molecule has 0 radical (unpaired) electrons. The number of aromatic nitrogens is 1. The number of unbranched alkanes of at least 4 members (excludes halogenated alkanes) is 1. The van der Waals surface area contributed by atoms with Gasteiger partial charge in [0.05, 0.1) is 6.42 Å². The van der Waals surface area contributed by atoms with Crippen molar-refractivity contribution >= 4 is 28.5 Å². The maximum absolute atomic E-state index is 11.9. The molecule has 122 valence electrons. The number of carbonyl (C=O) groups is 3. The van der Waals surface area contributed by atoms with Crippen molar-refractivity contribution in [2.45, 2.75) is 39.2 Å². The number of carbonyl (C=O) groups excluding carboxylic acids is 3. The number of amides is 2. The van der Waals surface area contributed by atoms with Crippen molar-refractivity contribution in [2.75, 3.05) is 7.05 Å². The molecule has 2 rings (SSSR count). The minimum absolute atomic E-state index is 0.211. The normalized spacial score (nSPS) is 10.7. The summed E-state index contributed by atoms with van der Waals surface area (Å²) >= 11 is 0. The van der Waals surface area contributed by atoms with E-state index in [0.29, 0.717) is 12.8 Å². The molecular weight excluding hydrogens is 292 g/mol. The first-order chi connectivity index (χ1) is 11.0. The first-order valence-electron chi connectivity index (χ1n) is 7.81. The highest BCUT2D eigenvalue weighted by Gasteiger charge is 2.17. The Morgan fingerprint density at radius 3 is 2.52 bits per heavy atom. The molecule has 1 heterocycles. The molecular formula is C18H22N2O3. The van der Waals surface area contributed by atoms with E-state index >= 15 is 0 Å². The standard InChI is InChI=1S/C18H22N2O3/c1-14(21)13-18(23)19(2)17(22)9-5-6-11-20-12-10-15-7-3-4-8-16(15)20/h3-4,7-8,10,12H,5-6,9,11,13H2,1-2H3. The molecule has 1 aromatic heterocycles. The van der Waals surface area contributed by atoms with Gasteiger partial charge in [-0.15, -0.1) is 0 Å². The van der Waals surface area contributed by atoms with Crippen LogP contribution < -0.4 is 0 Å². The number of fused-ring (bicyclic) bond motifs is 1. The van der Waals surface area contributed by atoms with Gasteiger partial charge in [-0.05, 0) is 37.3 Å². The Bertz CT molecular complexity index is 718. The van der Waals surface area contributed by atoms with Gasteiger partial charge in [-0.25, -0.2) is 0 Å². The SMILES string of the molecule is CC(=O)CC(=O)N(C)C(=O)CCCCn1ccc2ccccc21. The van der Waals surface area contributed by atoms with Crippen LogP contribution in [0.2, 0.25) is 0 Å². The maximum atomic E-state index is 11.9. The van der Waals surface area contributed by atoms with Gasteiger partial charge in [-0.2, -0.15) is 0 Å². The van der Waals surface area contributed by atoms with Crippen LogP contribution >= 0.6 is 0 Å². The smallest absolute Gasteiger partial charge is 0.236 e. The number of hydrogen-bond donors (Lipinski definition) is 0. The number of ketones is 1. The summed E-state index contributed by atoms with van der Waals surface area (Å²) in [6, 6.07) is 10.3. The molecule has 2 aromatic rings. The zero-order valence-corrected chi connectivity index (χ0v) is 13.6. The summed E-state index contributed by atoms with van der Waals surface area (Å²) < 4.78 is 2.17. The first-order valence-corrected chi connectivity index (χ1v) is 7.81. The molecule has 5 heteroatoms. The van der Waals surface area contributed by atoms with E-state index < -0.39 is 5.91 Å². The van der Waals surface area contributed by atoms with Crippen LogP contribution in [0.4, 0.5) is 0 Å². The van der Waals surface area contributed by atoms with Gasteiger partial charge in [0.2, 0.25) is 11.8 Å². The second-order valence-corrected chi connectivity index (χ2v) is 5.75. The number of nitrogens with zero attached hydrogens (tertiary/aromatic N) is 2. The lowest BCUT2D eigenvalue weighted by Crippen LogP contribution is -2.33. The lowest BCUT2D eigenvalue weighted by molar-refractivity contribution is -0.144. The van der Waals surface area contributed by atoms with Crippen LogP contribution in [0.15, 0.2) is 36.5 Å². The Labute approximate surface area is 135 Å². The van der Waals surface area contributed by atoms with Gasteiger partial charge in [0, 0.05) is 31.7 Å². The summed E-state index contributed by atoms with van der Waals surface area (Å²) in [4.78, 5) is 35.5. The third-order valence-corrected chi connectivity index (χ3v) is 3.87. The second-order valence-electron chi connectivity index (χ2n) is 5.75. The van der Waals surface area contributed by atoms with Gasteiger partial charge in [0.25, 0.3) is 0 Å². The van der Waals surface area contributed by atoms with E-state index in [4.69, 9.17) is 0 Å². The zero-order chi connectivity index (χ0) is 16.8. The van der Waals surface area contributed by atoms with Gasteiger partial charge in [0.1, 0.15) is 5.78 Å². The van der Waals surface area contributed by atoms with Crippen LogP contribution in [0.3, 0.4) is 0 Å². The molecule has 23 heavy (non-hydrogen) atoms. The molecule has 0 saturated carbocycles. The fraction of sp³-hybridized carbons (Fsp3) is 0.389. The minimum atomic E-state index is -0.432. The molecule has 0 spiro atoms. The molecule has 0 aliphatic rings. The summed E-state index contributed by atoms with van der Waals surface area (Å²) in [6.45, 7) is 2.18. The van der Waals surface area contributed by atoms with Gasteiger partial charge < -0.3 is 4.57 Å². The Morgan fingerprint density at radius 2 is 1.78 bits per heavy atom. The lowest BCUT2D eigenvalue weighted by Gasteiger charge is -2.14. The molecule has 1 aromatic carbocycles. The maximum Gasteiger partial charge on any atom is 0.236 e. The second kappa shape index (κ2) is 7.72. The van der Waals surface area contributed by atoms with E-state index in [1.54, 1.807) is 0 Å². The van der Waals surface area contributed by atoms with Crippen molar-refractivity contribution in [2.24, 2.45) is 0 Å². The van der Waals surface area contributed by atoms with Crippen molar-refractivity contribution in [1.29, 1.82) is 0 Å². The number of benzene rings is 1. The summed E-state index contributed by atoms with van der Waals surface area (Å²) in [6.07, 6.45) is 3.73. The van der Waals surface area contributed by atoms with E-state index in [1.807, 2.05) is 12.1 Å². The van der Waals surface area contributed by atoms with Crippen molar-refractivity contribution < 1.29 is 14.4 Å². The molecule has 0 unspecified atom stereocenters. The third-order valence-electron chi connectivity index (χ3n) is 3.87. The summed E-state index contributed by atoms with van der Waals surface area (Å²) in [5.41, 5.74) is 1.19. The molecule has 0 saturated heterocycles. The van der Waals surface area contributed by atoms with Gasteiger partial charge in [-0.3, -0.25) is 19.3 Å². The molecule has 0 aliphatic carbocycles. The van der Waals surface area contributed by atoms with Crippen molar-refractivity contribution in [3.8, 4) is 0 Å². The predicted octanol–water partition coefficient (Wildman–Crippen LogP) is 2.78. The molecule has 0 N–H and O–H groups in total. The molecule has 0 bridgehead atoms. The van der Waals surface area contributed by atoms with Crippen LogP contribution in [0.1, 0.15) is 32.6 Å². The fourth-order valence-corrected chi connectivity index (χ4v) is 2.53. The predicted molar refractivity (Wildman–Crippen MR) is 88.9 cm³/mol. The highest BCUT2D eigenvalue weighted by molar-refractivity contribution is 6.03. The average Bonchev–Trinajstić information content (AvgIpc) is 2.93. The summed E-state index contributed by atoms with van der Waals surface area (Å²) in [5, 5.41) is 1.21. The number of rotatable bonds is 7. The highest BCUT2D eigenvalue weighted by Crippen LogP contribution is 2.16. The Morgan fingerprint density at radius 1 is 1.04 bits per heavy atom. The van der Waals surface area contributed by atoms with Crippen molar-refractivity contribution in [3.05, 3.63) is 36.5 Å². The van der Waals surface area contributed by atoms with E-state index in [-0.39, 0.29) is 18.1 Å². The van der Waals surface area contributed by atoms with Crippen LogP contribution in [-0.4, -0.2) is 34.1 Å². The minimum Gasteiger partial charge on any atom is -0.347 e. The van der Waals surface area contributed by atoms with Crippen LogP contribution in [0.5, 0.6) is 0 Å². The molecule has 0 aliphatic heterocycles. The van der Waals surface area contributed by atoms with E-state index in [2.05, 4.69) is 29.0 Å². The molecule has 0 atom stereocenters. The van der Waals surface area contributed by atoms with E-state index in [1.165, 1.54) is 24.9 Å². The quantitative estimate of drug-likeness (QED) is 0.583. The van der Waals surface area contributed by atoms with Gasteiger partial charge >= 0.3 is 0 Å². The lowest BCUT2D eigenvalue weighted by atomic mass is 10.2. The summed E-state index contributed by atoms with van der Waals surface area (Å²) in [7, 11) is 1.44. The zero-order valence-electron chi connectivity index (χ0n) is 13.6. The third kappa shape index (κ3) is 4.52. The number of Topliss-reactive ketones (excluding diaryl/α,β-unsaturated/α-hetero) is 1. The highest BCUT2D eigenvalue weighted by atomic mass is 16.2. The van der Waals surface area contributed by atoms with Gasteiger partial charge in [0.15, 0.2) is 0 Å².